The third kappa shape index (κ3) is 5.03. The molecule has 0 radical (unpaired) electrons. The van der Waals surface area contributed by atoms with E-state index >= 15 is 0 Å². The first-order valence-electron chi connectivity index (χ1n) is 8.84. The SMILES string of the molecule is O=C(NNC(=O)C1CCN(C(=O)c2ccc(Cl)cc2)CC1)c1ccc(Cl)cc1. The van der Waals surface area contributed by atoms with Crippen LogP contribution >= 0.6 is 23.2 Å². The number of amides is 3. The average molecular weight is 420 g/mol. The van der Waals surface area contributed by atoms with Crippen molar-refractivity contribution < 1.29 is 14.4 Å². The fourth-order valence-electron chi connectivity index (χ4n) is 3.01. The van der Waals surface area contributed by atoms with Crippen LogP contribution in [0.15, 0.2) is 48.5 Å². The van der Waals surface area contributed by atoms with Crippen molar-refractivity contribution in [3.63, 3.8) is 0 Å². The molecule has 0 atom stereocenters. The van der Waals surface area contributed by atoms with Crippen molar-refractivity contribution in [3.05, 3.63) is 69.7 Å². The summed E-state index contributed by atoms with van der Waals surface area (Å²) < 4.78 is 0. The number of likely N-dealkylation sites (tertiary alicyclic amines) is 1. The van der Waals surface area contributed by atoms with E-state index in [2.05, 4.69) is 10.9 Å². The first kappa shape index (κ1) is 20.2. The standard InChI is InChI=1S/C20H19Cl2N3O3/c21-16-5-1-13(2-6-16)18(26)23-24-19(27)14-9-11-25(12-10-14)20(28)15-3-7-17(22)8-4-15/h1-8,14H,9-12H2,(H,23,26)(H,24,27). The maximum Gasteiger partial charge on any atom is 0.269 e. The van der Waals surface area contributed by atoms with Crippen LogP contribution in [-0.2, 0) is 4.79 Å². The van der Waals surface area contributed by atoms with Crippen LogP contribution in [0.4, 0.5) is 0 Å². The number of benzene rings is 2. The molecule has 2 aromatic rings. The molecule has 3 rings (SSSR count). The Hall–Kier alpha value is -2.57. The van der Waals surface area contributed by atoms with Crippen molar-refractivity contribution in [1.82, 2.24) is 15.8 Å². The van der Waals surface area contributed by atoms with Gasteiger partial charge in [-0.3, -0.25) is 25.2 Å². The van der Waals surface area contributed by atoms with Crippen molar-refractivity contribution in [3.8, 4) is 0 Å². The lowest BCUT2D eigenvalue weighted by atomic mass is 9.95. The quantitative estimate of drug-likeness (QED) is 0.748. The molecule has 0 aromatic heterocycles. The van der Waals surface area contributed by atoms with Gasteiger partial charge >= 0.3 is 0 Å². The fourth-order valence-corrected chi connectivity index (χ4v) is 3.27. The van der Waals surface area contributed by atoms with Crippen LogP contribution in [0.25, 0.3) is 0 Å². The molecule has 8 heteroatoms. The van der Waals surface area contributed by atoms with Gasteiger partial charge < -0.3 is 4.90 Å². The lowest BCUT2D eigenvalue weighted by molar-refractivity contribution is -0.127. The molecule has 1 fully saturated rings. The van der Waals surface area contributed by atoms with Gasteiger partial charge in [-0.1, -0.05) is 23.2 Å². The maximum absolute atomic E-state index is 12.5. The van der Waals surface area contributed by atoms with Crippen LogP contribution in [0.3, 0.4) is 0 Å². The van der Waals surface area contributed by atoms with E-state index < -0.39 is 5.91 Å². The number of carbonyl (C=O) groups is 3. The molecule has 2 N–H and O–H groups in total. The van der Waals surface area contributed by atoms with E-state index in [1.165, 1.54) is 0 Å². The number of hydrogen-bond acceptors (Lipinski definition) is 3. The van der Waals surface area contributed by atoms with Crippen LogP contribution < -0.4 is 10.9 Å². The fraction of sp³-hybridized carbons (Fsp3) is 0.250. The minimum atomic E-state index is -0.416. The van der Waals surface area contributed by atoms with Crippen LogP contribution in [0.5, 0.6) is 0 Å². The highest BCUT2D eigenvalue weighted by atomic mass is 35.5. The van der Waals surface area contributed by atoms with Gasteiger partial charge in [0.25, 0.3) is 11.8 Å². The Morgan fingerprint density at radius 1 is 0.786 bits per heavy atom. The first-order valence-corrected chi connectivity index (χ1v) is 9.60. The number of piperidine rings is 1. The van der Waals surface area contributed by atoms with Crippen molar-refractivity contribution in [1.29, 1.82) is 0 Å². The molecule has 28 heavy (non-hydrogen) atoms. The Labute approximate surface area is 172 Å². The highest BCUT2D eigenvalue weighted by molar-refractivity contribution is 6.31. The van der Waals surface area contributed by atoms with Gasteiger partial charge in [0.2, 0.25) is 5.91 Å². The average Bonchev–Trinajstić information content (AvgIpc) is 2.72. The van der Waals surface area contributed by atoms with E-state index in [1.807, 2.05) is 0 Å². The predicted octanol–water partition coefficient (Wildman–Crippen LogP) is 3.31. The van der Waals surface area contributed by atoms with Gasteiger partial charge in [0.05, 0.1) is 0 Å². The molecule has 1 heterocycles. The van der Waals surface area contributed by atoms with E-state index in [-0.39, 0.29) is 17.7 Å². The monoisotopic (exact) mass is 419 g/mol. The van der Waals surface area contributed by atoms with Crippen LogP contribution in [0.2, 0.25) is 10.0 Å². The number of carbonyl (C=O) groups excluding carboxylic acids is 3. The molecule has 1 aliphatic heterocycles. The third-order valence-electron chi connectivity index (χ3n) is 4.65. The Morgan fingerprint density at radius 3 is 1.82 bits per heavy atom. The van der Waals surface area contributed by atoms with Gasteiger partial charge in [0.15, 0.2) is 0 Å². The molecule has 0 aliphatic carbocycles. The summed E-state index contributed by atoms with van der Waals surface area (Å²) in [6.07, 6.45) is 1.06. The van der Waals surface area contributed by atoms with Crippen LogP contribution in [0, 0.1) is 5.92 Å². The molecule has 0 saturated carbocycles. The summed E-state index contributed by atoms with van der Waals surface area (Å²) in [5, 5.41) is 1.10. The predicted molar refractivity (Wildman–Crippen MR) is 107 cm³/mol. The van der Waals surface area contributed by atoms with Gasteiger partial charge in [-0.2, -0.15) is 0 Å². The van der Waals surface area contributed by atoms with E-state index in [9.17, 15) is 14.4 Å². The van der Waals surface area contributed by atoms with Gasteiger partial charge in [0.1, 0.15) is 0 Å². The van der Waals surface area contributed by atoms with Crippen molar-refractivity contribution in [2.45, 2.75) is 12.8 Å². The summed E-state index contributed by atoms with van der Waals surface area (Å²) in [5.74, 6) is -1.02. The molecule has 0 spiro atoms. The maximum atomic E-state index is 12.5. The molecule has 0 bridgehead atoms. The number of nitrogens with zero attached hydrogens (tertiary/aromatic N) is 1. The summed E-state index contributed by atoms with van der Waals surface area (Å²) in [5.41, 5.74) is 5.83. The number of rotatable bonds is 3. The lowest BCUT2D eigenvalue weighted by Crippen LogP contribution is -2.48. The molecule has 1 aliphatic rings. The van der Waals surface area contributed by atoms with E-state index in [1.54, 1.807) is 53.4 Å². The number of halogens is 2. The molecule has 3 amide bonds. The van der Waals surface area contributed by atoms with Crippen molar-refractivity contribution in [2.24, 2.45) is 5.92 Å². The summed E-state index contributed by atoms with van der Waals surface area (Å²) >= 11 is 11.6. The minimum Gasteiger partial charge on any atom is -0.339 e. The lowest BCUT2D eigenvalue weighted by Gasteiger charge is -2.31. The van der Waals surface area contributed by atoms with Gasteiger partial charge in [-0.15, -0.1) is 0 Å². The van der Waals surface area contributed by atoms with Crippen molar-refractivity contribution in [2.75, 3.05) is 13.1 Å². The van der Waals surface area contributed by atoms with Gasteiger partial charge in [0, 0.05) is 40.2 Å². The second-order valence-corrected chi connectivity index (χ2v) is 7.40. The molecule has 1 saturated heterocycles. The third-order valence-corrected chi connectivity index (χ3v) is 5.15. The molecular weight excluding hydrogens is 401 g/mol. The van der Waals surface area contributed by atoms with Crippen molar-refractivity contribution >= 4 is 40.9 Å². The largest absolute Gasteiger partial charge is 0.339 e. The highest BCUT2D eigenvalue weighted by Gasteiger charge is 2.28. The number of hydrazine groups is 1. The highest BCUT2D eigenvalue weighted by Crippen LogP contribution is 2.20. The molecule has 0 unspecified atom stereocenters. The normalized spacial score (nSPS) is 14.4. The Morgan fingerprint density at radius 2 is 1.29 bits per heavy atom. The molecule has 6 nitrogen and oxygen atoms in total. The Balaban J connectivity index is 1.47. The Bertz CT molecular complexity index is 861. The van der Waals surface area contributed by atoms with Crippen LogP contribution in [-0.4, -0.2) is 35.7 Å². The second-order valence-electron chi connectivity index (χ2n) is 6.52. The van der Waals surface area contributed by atoms with Gasteiger partial charge in [-0.05, 0) is 61.4 Å². The number of nitrogens with one attached hydrogen (secondary N) is 2. The van der Waals surface area contributed by atoms with Gasteiger partial charge in [-0.25, -0.2) is 0 Å². The summed E-state index contributed by atoms with van der Waals surface area (Å²) in [4.78, 5) is 38.6. The molecule has 146 valence electrons. The smallest absolute Gasteiger partial charge is 0.269 e. The second kappa shape index (κ2) is 9.08. The zero-order valence-corrected chi connectivity index (χ0v) is 16.5. The first-order chi connectivity index (χ1) is 13.4. The van der Waals surface area contributed by atoms with E-state index in [0.29, 0.717) is 47.1 Å². The zero-order valence-electron chi connectivity index (χ0n) is 15.0. The molecule has 2 aromatic carbocycles. The van der Waals surface area contributed by atoms with E-state index in [4.69, 9.17) is 23.2 Å². The van der Waals surface area contributed by atoms with E-state index in [0.717, 1.165) is 0 Å². The molecular formula is C20H19Cl2N3O3. The minimum absolute atomic E-state index is 0.0773. The van der Waals surface area contributed by atoms with Crippen LogP contribution in [0.1, 0.15) is 33.6 Å². The summed E-state index contributed by atoms with van der Waals surface area (Å²) in [6.45, 7) is 0.954. The summed E-state index contributed by atoms with van der Waals surface area (Å²) in [7, 11) is 0. The summed E-state index contributed by atoms with van der Waals surface area (Å²) in [6, 6.07) is 13.1. The number of hydrogen-bond donors (Lipinski definition) is 2. The topological polar surface area (TPSA) is 78.5 Å². The zero-order chi connectivity index (χ0) is 20.1. The Kier molecular flexibility index (Phi) is 6.54.